The number of nitrogens with one attached hydrogen (secondary N) is 1. The molecule has 0 aliphatic heterocycles. The largest absolute Gasteiger partial charge is 0.489 e. The molecule has 1 N–H and O–H groups in total. The number of aliphatic imine (C=N–C) groups is 1. The van der Waals surface area contributed by atoms with E-state index in [0.29, 0.717) is 12.3 Å². The van der Waals surface area contributed by atoms with E-state index < -0.39 is 0 Å². The lowest BCUT2D eigenvalue weighted by Crippen LogP contribution is -2.37. The number of rotatable bonds is 5. The first-order valence-electron chi connectivity index (χ1n) is 6.40. The summed E-state index contributed by atoms with van der Waals surface area (Å²) in [4.78, 5) is 6.38. The second kappa shape index (κ2) is 7.61. The smallest absolute Gasteiger partial charge is 0.193 e. The van der Waals surface area contributed by atoms with Crippen LogP contribution in [-0.2, 0) is 0 Å². The fraction of sp³-hybridized carbons (Fsp3) is 0.500. The van der Waals surface area contributed by atoms with Crippen LogP contribution in [0.2, 0.25) is 0 Å². The summed E-state index contributed by atoms with van der Waals surface area (Å²) in [6, 6.07) is 6.00. The van der Waals surface area contributed by atoms with Gasteiger partial charge < -0.3 is 15.0 Å². The number of guanidine groups is 1. The van der Waals surface area contributed by atoms with Gasteiger partial charge in [0.2, 0.25) is 0 Å². The Labute approximate surface area is 114 Å². The van der Waals surface area contributed by atoms with Crippen LogP contribution < -0.4 is 10.1 Å². The molecule has 1 unspecified atom stereocenters. The van der Waals surface area contributed by atoms with E-state index in [0.717, 1.165) is 12.5 Å². The molecule has 1 aromatic carbocycles. The molecule has 0 radical (unpaired) electrons. The Morgan fingerprint density at radius 2 is 2.00 bits per heavy atom. The van der Waals surface area contributed by atoms with Crippen LogP contribution in [0.5, 0.6) is 5.75 Å². The van der Waals surface area contributed by atoms with Crippen LogP contribution in [0.4, 0.5) is 4.39 Å². The van der Waals surface area contributed by atoms with Crippen molar-refractivity contribution in [3.8, 4) is 5.75 Å². The van der Waals surface area contributed by atoms with E-state index in [1.165, 1.54) is 12.1 Å². The summed E-state index contributed by atoms with van der Waals surface area (Å²) in [5, 5.41) is 3.18. The predicted octanol–water partition coefficient (Wildman–Crippen LogP) is 2.12. The summed E-state index contributed by atoms with van der Waals surface area (Å²) in [6.45, 7) is 5.33. The highest BCUT2D eigenvalue weighted by molar-refractivity contribution is 5.79. The van der Waals surface area contributed by atoms with E-state index in [4.69, 9.17) is 4.74 Å². The summed E-state index contributed by atoms with van der Waals surface area (Å²) >= 11 is 0. The first-order valence-corrected chi connectivity index (χ1v) is 6.40. The van der Waals surface area contributed by atoms with E-state index >= 15 is 0 Å². The summed E-state index contributed by atoms with van der Waals surface area (Å²) < 4.78 is 18.4. The zero-order valence-electron chi connectivity index (χ0n) is 12.0. The molecule has 1 rings (SSSR count). The maximum absolute atomic E-state index is 12.8. The number of benzene rings is 1. The molecule has 0 aliphatic carbocycles. The minimum atomic E-state index is -0.264. The summed E-state index contributed by atoms with van der Waals surface area (Å²) in [5.41, 5.74) is 0. The van der Waals surface area contributed by atoms with Crippen molar-refractivity contribution in [2.24, 2.45) is 4.99 Å². The lowest BCUT2D eigenvalue weighted by Gasteiger charge is -2.18. The van der Waals surface area contributed by atoms with Gasteiger partial charge in [0, 0.05) is 20.6 Å². The van der Waals surface area contributed by atoms with Gasteiger partial charge in [0.1, 0.15) is 17.7 Å². The van der Waals surface area contributed by atoms with Gasteiger partial charge in [-0.2, -0.15) is 0 Å². The van der Waals surface area contributed by atoms with Gasteiger partial charge in [-0.25, -0.2) is 9.38 Å². The van der Waals surface area contributed by atoms with Crippen LogP contribution >= 0.6 is 0 Å². The van der Waals surface area contributed by atoms with Gasteiger partial charge in [0.25, 0.3) is 0 Å². The maximum Gasteiger partial charge on any atom is 0.193 e. The van der Waals surface area contributed by atoms with Crippen molar-refractivity contribution in [3.05, 3.63) is 30.1 Å². The average molecular weight is 267 g/mol. The highest BCUT2D eigenvalue weighted by Crippen LogP contribution is 2.13. The zero-order chi connectivity index (χ0) is 14.3. The fourth-order valence-electron chi connectivity index (χ4n) is 1.51. The Morgan fingerprint density at radius 1 is 1.37 bits per heavy atom. The Balaban J connectivity index is 2.52. The zero-order valence-corrected chi connectivity index (χ0v) is 12.0. The Hall–Kier alpha value is -1.78. The van der Waals surface area contributed by atoms with Crippen molar-refractivity contribution in [3.63, 3.8) is 0 Å². The van der Waals surface area contributed by atoms with Crippen LogP contribution in [0.15, 0.2) is 29.3 Å². The van der Waals surface area contributed by atoms with Crippen molar-refractivity contribution in [1.29, 1.82) is 0 Å². The molecule has 5 heteroatoms. The molecular formula is C14H22FN3O. The van der Waals surface area contributed by atoms with Crippen molar-refractivity contribution in [2.75, 3.05) is 27.2 Å². The Kier molecular flexibility index (Phi) is 6.12. The maximum atomic E-state index is 12.8. The number of nitrogens with zero attached hydrogens (tertiary/aromatic N) is 2. The first-order chi connectivity index (χ1) is 9.02. The molecule has 0 heterocycles. The third-order valence-corrected chi connectivity index (χ3v) is 2.41. The second-order valence-corrected chi connectivity index (χ2v) is 4.47. The van der Waals surface area contributed by atoms with Crippen LogP contribution in [0.1, 0.15) is 13.8 Å². The van der Waals surface area contributed by atoms with Gasteiger partial charge in [-0.05, 0) is 38.1 Å². The van der Waals surface area contributed by atoms with E-state index in [1.54, 1.807) is 12.1 Å². The fourth-order valence-corrected chi connectivity index (χ4v) is 1.51. The van der Waals surface area contributed by atoms with E-state index in [-0.39, 0.29) is 11.9 Å². The molecule has 0 amide bonds. The van der Waals surface area contributed by atoms with Gasteiger partial charge >= 0.3 is 0 Å². The Bertz CT molecular complexity index is 404. The van der Waals surface area contributed by atoms with Gasteiger partial charge in [-0.15, -0.1) is 0 Å². The highest BCUT2D eigenvalue weighted by atomic mass is 19.1. The van der Waals surface area contributed by atoms with Crippen molar-refractivity contribution >= 4 is 5.96 Å². The quantitative estimate of drug-likeness (QED) is 0.656. The molecule has 4 nitrogen and oxygen atoms in total. The summed E-state index contributed by atoms with van der Waals surface area (Å²) in [7, 11) is 3.87. The number of hydrogen-bond acceptors (Lipinski definition) is 2. The molecule has 19 heavy (non-hydrogen) atoms. The molecule has 0 bridgehead atoms. The second-order valence-electron chi connectivity index (χ2n) is 4.47. The van der Waals surface area contributed by atoms with Crippen molar-refractivity contribution in [1.82, 2.24) is 10.2 Å². The SMILES string of the molecule is CCNC(=NCC(C)Oc1ccc(F)cc1)N(C)C. The molecule has 0 saturated carbocycles. The van der Waals surface area contributed by atoms with Crippen LogP contribution in [0, 0.1) is 5.82 Å². The number of ether oxygens (including phenoxy) is 1. The predicted molar refractivity (Wildman–Crippen MR) is 76.2 cm³/mol. The topological polar surface area (TPSA) is 36.9 Å². The number of hydrogen-bond donors (Lipinski definition) is 1. The molecule has 0 aliphatic rings. The van der Waals surface area contributed by atoms with Gasteiger partial charge in [0.05, 0.1) is 6.54 Å². The minimum absolute atomic E-state index is 0.0703. The molecule has 106 valence electrons. The molecule has 1 aromatic rings. The minimum Gasteiger partial charge on any atom is -0.489 e. The average Bonchev–Trinajstić information content (AvgIpc) is 2.37. The number of halogens is 1. The normalized spacial score (nSPS) is 13.0. The van der Waals surface area contributed by atoms with Crippen molar-refractivity contribution < 1.29 is 9.13 Å². The van der Waals surface area contributed by atoms with Gasteiger partial charge in [-0.1, -0.05) is 0 Å². The van der Waals surface area contributed by atoms with Crippen LogP contribution in [0.3, 0.4) is 0 Å². The molecule has 0 saturated heterocycles. The lowest BCUT2D eigenvalue weighted by atomic mass is 10.3. The van der Waals surface area contributed by atoms with Crippen LogP contribution in [-0.4, -0.2) is 44.1 Å². The lowest BCUT2D eigenvalue weighted by molar-refractivity contribution is 0.229. The monoisotopic (exact) mass is 267 g/mol. The molecule has 0 fully saturated rings. The highest BCUT2D eigenvalue weighted by Gasteiger charge is 2.05. The molecule has 1 atom stereocenters. The van der Waals surface area contributed by atoms with E-state index in [1.807, 2.05) is 32.8 Å². The summed E-state index contributed by atoms with van der Waals surface area (Å²) in [5.74, 6) is 1.22. The first kappa shape index (κ1) is 15.3. The van der Waals surface area contributed by atoms with E-state index in [2.05, 4.69) is 10.3 Å². The van der Waals surface area contributed by atoms with Gasteiger partial charge in [0.15, 0.2) is 5.96 Å². The third-order valence-electron chi connectivity index (χ3n) is 2.41. The van der Waals surface area contributed by atoms with E-state index in [9.17, 15) is 4.39 Å². The van der Waals surface area contributed by atoms with Gasteiger partial charge in [-0.3, -0.25) is 0 Å². The van der Waals surface area contributed by atoms with Crippen molar-refractivity contribution in [2.45, 2.75) is 20.0 Å². The third kappa shape index (κ3) is 5.59. The standard InChI is InChI=1S/C14H22FN3O/c1-5-16-14(18(3)4)17-10-11(2)19-13-8-6-12(15)7-9-13/h6-9,11H,5,10H2,1-4H3,(H,16,17). The summed E-state index contributed by atoms with van der Waals surface area (Å²) in [6.07, 6.45) is -0.0703. The van der Waals surface area contributed by atoms with Crippen LogP contribution in [0.25, 0.3) is 0 Å². The Morgan fingerprint density at radius 3 is 2.53 bits per heavy atom. The molecular weight excluding hydrogens is 245 g/mol. The molecule has 0 aromatic heterocycles. The molecule has 0 spiro atoms.